The Morgan fingerprint density at radius 2 is 1.81 bits per heavy atom. The molecule has 0 atom stereocenters. The molecule has 0 aliphatic carbocycles. The first-order valence-corrected chi connectivity index (χ1v) is 11.5. The second kappa shape index (κ2) is 9.71. The maximum atomic E-state index is 12.6. The first kappa shape index (κ1) is 21.7. The summed E-state index contributed by atoms with van der Waals surface area (Å²) in [7, 11) is 0. The average molecular weight is 467 g/mol. The number of aromatic nitrogens is 1. The normalized spacial score (nSPS) is 10.7. The van der Waals surface area contributed by atoms with E-state index < -0.39 is 24.5 Å². The molecule has 2 aromatic heterocycles. The van der Waals surface area contributed by atoms with Crippen LogP contribution in [0.5, 0.6) is 0 Å². The molecule has 2 heterocycles. The Morgan fingerprint density at radius 3 is 2.59 bits per heavy atom. The molecule has 0 unspecified atom stereocenters. The van der Waals surface area contributed by atoms with Crippen molar-refractivity contribution in [2.75, 3.05) is 18.5 Å². The van der Waals surface area contributed by atoms with Gasteiger partial charge in [-0.05, 0) is 30.7 Å². The minimum Gasteiger partial charge on any atom is -0.462 e. The van der Waals surface area contributed by atoms with Gasteiger partial charge in [-0.15, -0.1) is 22.7 Å². The van der Waals surface area contributed by atoms with Crippen LogP contribution in [0.1, 0.15) is 27.6 Å². The maximum absolute atomic E-state index is 12.6. The zero-order valence-electron chi connectivity index (χ0n) is 17.0. The van der Waals surface area contributed by atoms with Crippen molar-refractivity contribution in [2.24, 2.45) is 0 Å². The van der Waals surface area contributed by atoms with E-state index in [0.29, 0.717) is 16.1 Å². The number of nitrogens with zero attached hydrogens (tertiary/aromatic N) is 1. The molecule has 0 fully saturated rings. The molecular formula is C23H18N2O5S2. The third-order valence-corrected chi connectivity index (χ3v) is 6.20. The number of hydrogen-bond acceptors (Lipinski definition) is 8. The van der Waals surface area contributed by atoms with Gasteiger partial charge in [0.05, 0.1) is 27.9 Å². The molecule has 0 saturated heterocycles. The van der Waals surface area contributed by atoms with E-state index in [-0.39, 0.29) is 12.2 Å². The summed E-state index contributed by atoms with van der Waals surface area (Å²) in [5.41, 5.74) is 4.60. The summed E-state index contributed by atoms with van der Waals surface area (Å²) in [5.74, 6) is -1.70. The third kappa shape index (κ3) is 4.68. The molecule has 4 aromatic rings. The lowest BCUT2D eigenvalue weighted by Crippen LogP contribution is -2.21. The highest BCUT2D eigenvalue weighted by molar-refractivity contribution is 7.16. The topological polar surface area (TPSA) is 94.6 Å². The molecule has 4 rings (SSSR count). The van der Waals surface area contributed by atoms with Crippen molar-refractivity contribution in [1.82, 2.24) is 4.98 Å². The fourth-order valence-electron chi connectivity index (χ4n) is 3.05. The molecule has 2 aromatic carbocycles. The Morgan fingerprint density at radius 1 is 1.00 bits per heavy atom. The molecule has 7 nitrogen and oxygen atoms in total. The SMILES string of the molecule is CCOC(=O)c1c(-c2ccccc2)csc1NC(=O)COC(=O)c1ccc2ncsc2c1. The van der Waals surface area contributed by atoms with E-state index in [4.69, 9.17) is 9.47 Å². The largest absolute Gasteiger partial charge is 0.462 e. The van der Waals surface area contributed by atoms with Gasteiger partial charge in [-0.2, -0.15) is 0 Å². The summed E-state index contributed by atoms with van der Waals surface area (Å²) < 4.78 is 11.2. The van der Waals surface area contributed by atoms with Gasteiger partial charge in [-0.1, -0.05) is 30.3 Å². The molecule has 0 aliphatic rings. The van der Waals surface area contributed by atoms with Crippen LogP contribution >= 0.6 is 22.7 Å². The minimum atomic E-state index is -0.614. The number of amides is 1. The highest BCUT2D eigenvalue weighted by Crippen LogP contribution is 2.36. The first-order chi connectivity index (χ1) is 15.6. The van der Waals surface area contributed by atoms with Crippen LogP contribution in [-0.2, 0) is 14.3 Å². The molecule has 9 heteroatoms. The highest BCUT2D eigenvalue weighted by atomic mass is 32.1. The fourth-order valence-corrected chi connectivity index (χ4v) is 4.74. The number of rotatable bonds is 7. The van der Waals surface area contributed by atoms with Crippen LogP contribution in [0.4, 0.5) is 5.00 Å². The second-order valence-electron chi connectivity index (χ2n) is 6.60. The van der Waals surface area contributed by atoms with E-state index in [1.165, 1.54) is 22.7 Å². The smallest absolute Gasteiger partial charge is 0.341 e. The predicted molar refractivity (Wildman–Crippen MR) is 124 cm³/mol. The number of ether oxygens (including phenoxy) is 2. The van der Waals surface area contributed by atoms with E-state index in [0.717, 1.165) is 15.8 Å². The zero-order chi connectivity index (χ0) is 22.5. The fraction of sp³-hybridized carbons (Fsp3) is 0.130. The van der Waals surface area contributed by atoms with Gasteiger partial charge in [-0.3, -0.25) is 4.79 Å². The number of thiophene rings is 1. The van der Waals surface area contributed by atoms with Crippen molar-refractivity contribution in [3.63, 3.8) is 0 Å². The molecular weight excluding hydrogens is 448 g/mol. The average Bonchev–Trinajstić information content (AvgIpc) is 3.44. The van der Waals surface area contributed by atoms with E-state index in [1.54, 1.807) is 36.0 Å². The van der Waals surface area contributed by atoms with E-state index in [9.17, 15) is 14.4 Å². The number of carbonyl (C=O) groups excluding carboxylic acids is 3. The summed E-state index contributed by atoms with van der Waals surface area (Å²) >= 11 is 2.62. The Hall–Kier alpha value is -3.56. The third-order valence-electron chi connectivity index (χ3n) is 4.51. The summed E-state index contributed by atoms with van der Waals surface area (Å²) in [6.07, 6.45) is 0. The van der Waals surface area contributed by atoms with Crippen molar-refractivity contribution >= 4 is 55.7 Å². The number of anilines is 1. The number of nitrogens with one attached hydrogen (secondary N) is 1. The van der Waals surface area contributed by atoms with Crippen molar-refractivity contribution in [3.05, 3.63) is 70.5 Å². The van der Waals surface area contributed by atoms with Gasteiger partial charge < -0.3 is 14.8 Å². The van der Waals surface area contributed by atoms with Crippen molar-refractivity contribution < 1.29 is 23.9 Å². The van der Waals surface area contributed by atoms with Gasteiger partial charge in [0.1, 0.15) is 10.6 Å². The van der Waals surface area contributed by atoms with E-state index in [2.05, 4.69) is 10.3 Å². The van der Waals surface area contributed by atoms with Gasteiger partial charge in [0.25, 0.3) is 5.91 Å². The van der Waals surface area contributed by atoms with E-state index in [1.807, 2.05) is 30.3 Å². The van der Waals surface area contributed by atoms with Crippen molar-refractivity contribution in [2.45, 2.75) is 6.92 Å². The molecule has 0 aliphatic heterocycles. The van der Waals surface area contributed by atoms with Gasteiger partial charge in [0.2, 0.25) is 0 Å². The molecule has 1 amide bonds. The lowest BCUT2D eigenvalue weighted by atomic mass is 10.0. The van der Waals surface area contributed by atoms with Gasteiger partial charge >= 0.3 is 11.9 Å². The van der Waals surface area contributed by atoms with Crippen molar-refractivity contribution in [3.8, 4) is 11.1 Å². The van der Waals surface area contributed by atoms with Crippen LogP contribution in [-0.4, -0.2) is 36.0 Å². The maximum Gasteiger partial charge on any atom is 0.341 e. The Labute approximate surface area is 191 Å². The number of benzene rings is 2. The van der Waals surface area contributed by atoms with Crippen LogP contribution in [0.2, 0.25) is 0 Å². The summed E-state index contributed by atoms with van der Waals surface area (Å²) in [6, 6.07) is 14.4. The summed E-state index contributed by atoms with van der Waals surface area (Å²) in [5, 5.41) is 4.79. The molecule has 0 saturated carbocycles. The molecule has 162 valence electrons. The van der Waals surface area contributed by atoms with Gasteiger partial charge in [0, 0.05) is 10.9 Å². The van der Waals surface area contributed by atoms with Crippen LogP contribution < -0.4 is 5.32 Å². The van der Waals surface area contributed by atoms with Crippen LogP contribution in [0.15, 0.2) is 59.4 Å². The number of hydrogen-bond donors (Lipinski definition) is 1. The predicted octanol–water partition coefficient (Wildman–Crippen LogP) is 5.00. The van der Waals surface area contributed by atoms with Crippen LogP contribution in [0.3, 0.4) is 0 Å². The number of thiazole rings is 1. The Bertz CT molecular complexity index is 1280. The molecule has 32 heavy (non-hydrogen) atoms. The lowest BCUT2D eigenvalue weighted by molar-refractivity contribution is -0.119. The monoisotopic (exact) mass is 466 g/mol. The summed E-state index contributed by atoms with van der Waals surface area (Å²) in [4.78, 5) is 41.5. The van der Waals surface area contributed by atoms with Gasteiger partial charge in [0.15, 0.2) is 6.61 Å². The minimum absolute atomic E-state index is 0.206. The molecule has 0 radical (unpaired) electrons. The number of esters is 2. The van der Waals surface area contributed by atoms with Crippen molar-refractivity contribution in [1.29, 1.82) is 0 Å². The lowest BCUT2D eigenvalue weighted by Gasteiger charge is -2.09. The Kier molecular flexibility index (Phi) is 6.58. The second-order valence-corrected chi connectivity index (χ2v) is 8.37. The molecule has 0 spiro atoms. The van der Waals surface area contributed by atoms with E-state index >= 15 is 0 Å². The highest BCUT2D eigenvalue weighted by Gasteiger charge is 2.23. The quantitative estimate of drug-likeness (QED) is 0.385. The molecule has 1 N–H and O–H groups in total. The van der Waals surface area contributed by atoms with Crippen LogP contribution in [0, 0.1) is 0 Å². The standard InChI is InChI=1S/C23H18N2O5S2/c1-2-29-23(28)20-16(14-6-4-3-5-7-14)12-31-21(20)25-19(26)11-30-22(27)15-8-9-17-18(10-15)32-13-24-17/h3-10,12-13H,2,11H2,1H3,(H,25,26). The Balaban J connectivity index is 1.47. The number of fused-ring (bicyclic) bond motifs is 1. The van der Waals surface area contributed by atoms with Gasteiger partial charge in [-0.25, -0.2) is 14.6 Å². The molecule has 0 bridgehead atoms. The van der Waals surface area contributed by atoms with Crippen LogP contribution in [0.25, 0.3) is 21.3 Å². The number of carbonyl (C=O) groups is 3. The summed E-state index contributed by atoms with van der Waals surface area (Å²) in [6.45, 7) is 1.44. The zero-order valence-corrected chi connectivity index (χ0v) is 18.6. The first-order valence-electron chi connectivity index (χ1n) is 9.71.